The molecule has 0 heterocycles. The molecule has 0 saturated carbocycles. The number of esters is 1. The Balaban J connectivity index is 0. The number of rotatable bonds is 22. The lowest BCUT2D eigenvalue weighted by atomic mass is 10.0. The number of ketones is 3. The first kappa shape index (κ1) is 67.6. The summed E-state index contributed by atoms with van der Waals surface area (Å²) in [5, 5.41) is 35.2. The lowest BCUT2D eigenvalue weighted by Crippen LogP contribution is -2.34. The number of allylic oxidation sites excluding steroid dienone is 3. The first-order valence-electron chi connectivity index (χ1n) is 19.0. The number of ether oxygens (including phenoxy) is 4. The van der Waals surface area contributed by atoms with E-state index in [4.69, 9.17) is 120 Å². The van der Waals surface area contributed by atoms with Crippen molar-refractivity contribution < 1.29 is 72.3 Å². The van der Waals surface area contributed by atoms with E-state index in [0.717, 1.165) is 0 Å². The van der Waals surface area contributed by atoms with Gasteiger partial charge in [0.05, 0.1) is 21.7 Å². The van der Waals surface area contributed by atoms with Gasteiger partial charge < -0.3 is 39.4 Å². The van der Waals surface area contributed by atoms with Crippen LogP contribution in [0.4, 0.5) is 0 Å². The summed E-state index contributed by atoms with van der Waals surface area (Å²) in [6.07, 6.45) is -1.34. The van der Waals surface area contributed by atoms with Crippen LogP contribution in [0, 0.1) is 0 Å². The molecule has 0 aliphatic carbocycles. The highest BCUT2D eigenvalue weighted by Gasteiger charge is 2.22. The van der Waals surface area contributed by atoms with Crippen molar-refractivity contribution in [1.82, 2.24) is 0 Å². The van der Waals surface area contributed by atoms with E-state index in [1.54, 1.807) is 13.8 Å². The maximum absolute atomic E-state index is 12.1. The van der Waals surface area contributed by atoms with Crippen LogP contribution in [-0.4, -0.2) is 104 Å². The average molecular weight is 1170 g/mol. The van der Waals surface area contributed by atoms with E-state index in [1.807, 2.05) is 6.92 Å². The normalized spacial score (nSPS) is 11.0. The van der Waals surface area contributed by atoms with Gasteiger partial charge in [-0.25, -0.2) is 13.8 Å². The standard InChI is InChI=1S/C17H20Cl2O7.C13H11Cl3O3.C13H12Cl2O4.CH4.Cl2OS/c1-3-9(2)17(24)10-4-5-13(16(19)15(10)18)25-8-14(23)26-7-12(22)11(21)6-20;1-3-7(2)13(18)8-4-5-9(12(16)11(8)15)19-6-10(14)17;1-3-7(2)13(18)8-4-5-9(12(15)11(8)14)19-6-10(16)17;;1-4(2)3/h4-5,11-12,20-22H,2-3,6-8H2,1H3;4-5H,2-3,6H2,1H3;4-5H,2-3,6H2,1H3,(H,16,17);1H4;/t11-,12+;;;;/m1..../s1. The second kappa shape index (κ2) is 34.8. The van der Waals surface area contributed by atoms with E-state index in [-0.39, 0.29) is 95.5 Å². The molecule has 0 unspecified atom stereocenters. The Morgan fingerprint density at radius 3 is 1.16 bits per heavy atom. The second-order valence-corrected chi connectivity index (χ2v) is 18.1. The monoisotopic (exact) mass is 1160 g/mol. The summed E-state index contributed by atoms with van der Waals surface area (Å²) < 4.78 is 29.0. The van der Waals surface area contributed by atoms with Gasteiger partial charge in [0.25, 0.3) is 5.24 Å². The molecule has 0 radical (unpaired) electrons. The maximum atomic E-state index is 12.1. The van der Waals surface area contributed by atoms with Gasteiger partial charge in [-0.1, -0.05) is 118 Å². The number of aliphatic carboxylic acids is 1. The number of aliphatic hydroxyl groups is 3. The molecule has 69 heavy (non-hydrogen) atoms. The number of carbonyl (C=O) groups is 6. The first-order valence-corrected chi connectivity index (χ1v) is 24.4. The van der Waals surface area contributed by atoms with Crippen molar-refractivity contribution in [2.75, 3.05) is 33.0 Å². The molecule has 0 saturated heterocycles. The summed E-state index contributed by atoms with van der Waals surface area (Å²) in [4.78, 5) is 68.7. The van der Waals surface area contributed by atoms with E-state index >= 15 is 0 Å². The van der Waals surface area contributed by atoms with Crippen LogP contribution in [0.25, 0.3) is 0 Å². The fourth-order valence-electron chi connectivity index (χ4n) is 4.37. The zero-order valence-corrected chi connectivity index (χ0v) is 43.6. The van der Waals surface area contributed by atoms with Crippen LogP contribution >= 0.6 is 103 Å². The van der Waals surface area contributed by atoms with Crippen LogP contribution in [0.2, 0.25) is 30.1 Å². The van der Waals surface area contributed by atoms with Crippen LogP contribution in [0.3, 0.4) is 0 Å². The molecule has 0 aliphatic heterocycles. The first-order chi connectivity index (χ1) is 31.7. The Morgan fingerprint density at radius 2 is 0.884 bits per heavy atom. The molecule has 0 bridgehead atoms. The fraction of sp³-hybridized carbons (Fsp3) is 0.318. The lowest BCUT2D eigenvalue weighted by Gasteiger charge is -2.16. The second-order valence-electron chi connectivity index (χ2n) is 12.9. The minimum absolute atomic E-state index is 0. The summed E-state index contributed by atoms with van der Waals surface area (Å²) in [7, 11) is 7.36. The quantitative estimate of drug-likeness (QED) is 0.0317. The topological polar surface area (TPSA) is 237 Å². The average Bonchev–Trinajstić information content (AvgIpc) is 3.30. The molecule has 25 heteroatoms. The van der Waals surface area contributed by atoms with Gasteiger partial charge in [-0.05, 0) is 84.0 Å². The van der Waals surface area contributed by atoms with Gasteiger partial charge in [0, 0.05) is 38.1 Å². The third kappa shape index (κ3) is 23.5. The van der Waals surface area contributed by atoms with Gasteiger partial charge in [-0.2, -0.15) is 0 Å². The third-order valence-corrected chi connectivity index (χ3v) is 10.9. The molecule has 0 fully saturated rings. The molecule has 2 atom stereocenters. The number of benzene rings is 3. The molecule has 3 aromatic rings. The fourth-order valence-corrected chi connectivity index (χ4v) is 5.81. The van der Waals surface area contributed by atoms with Crippen molar-refractivity contribution in [3.8, 4) is 17.2 Å². The summed E-state index contributed by atoms with van der Waals surface area (Å²) in [5.74, 6) is -2.47. The number of Topliss-reactive ketones (excluding diaryl/α,β-unsaturated/α-hetero) is 3. The number of aliphatic hydroxyl groups excluding tert-OH is 3. The number of carboxylic acids is 1. The van der Waals surface area contributed by atoms with E-state index in [0.29, 0.717) is 36.0 Å². The number of hydrogen-bond acceptors (Lipinski definition) is 14. The molecule has 3 rings (SSSR count). The van der Waals surface area contributed by atoms with Crippen LogP contribution in [0.15, 0.2) is 72.9 Å². The maximum Gasteiger partial charge on any atom is 0.344 e. The summed E-state index contributed by atoms with van der Waals surface area (Å²) in [5.41, 5.74) is 1.88. The van der Waals surface area contributed by atoms with Gasteiger partial charge in [0.2, 0.25) is 9.23 Å². The van der Waals surface area contributed by atoms with Gasteiger partial charge in [0.15, 0.2) is 37.2 Å². The summed E-state index contributed by atoms with van der Waals surface area (Å²) >= 11 is 41.2. The number of hydrogen-bond donors (Lipinski definition) is 4. The molecule has 0 spiro atoms. The van der Waals surface area contributed by atoms with Crippen molar-refractivity contribution in [1.29, 1.82) is 0 Å². The largest absolute Gasteiger partial charge is 0.483 e. The molecule has 382 valence electrons. The van der Waals surface area contributed by atoms with Gasteiger partial charge in [0.1, 0.15) is 51.1 Å². The van der Waals surface area contributed by atoms with E-state index in [1.165, 1.54) is 36.4 Å². The molecular formula is C44H47Cl9O15S. The lowest BCUT2D eigenvalue weighted by molar-refractivity contribution is -0.152. The highest BCUT2D eigenvalue weighted by Crippen LogP contribution is 2.38. The van der Waals surface area contributed by atoms with Gasteiger partial charge in [-0.15, -0.1) is 0 Å². The summed E-state index contributed by atoms with van der Waals surface area (Å²) in [6.45, 7) is 13.8. The predicted molar refractivity (Wildman–Crippen MR) is 272 cm³/mol. The molecule has 4 N–H and O–H groups in total. The zero-order chi connectivity index (χ0) is 52.6. The molecule has 0 aromatic heterocycles. The van der Waals surface area contributed by atoms with Crippen molar-refractivity contribution in [3.05, 3.63) is 120 Å². The van der Waals surface area contributed by atoms with Crippen LogP contribution in [0.1, 0.15) is 78.5 Å². The molecule has 15 nitrogen and oxygen atoms in total. The van der Waals surface area contributed by atoms with Crippen molar-refractivity contribution in [2.24, 2.45) is 0 Å². The SMILES string of the molecule is C.C=C(CC)C(=O)c1ccc(OCC(=O)Cl)c(Cl)c1Cl.C=C(CC)C(=O)c1ccc(OCC(=O)O)c(Cl)c1Cl.C=C(CC)C(=O)c1ccc(OCC(=O)OC[C@H](O)[C@H](O)CO)c(Cl)c1Cl.O=S(Cl)Cl. The molecule has 0 aliphatic rings. The Kier molecular flexibility index (Phi) is 34.1. The molecule has 3 aromatic carbocycles. The number of carboxylic acid groups (broad SMARTS) is 1. The van der Waals surface area contributed by atoms with Gasteiger partial charge >= 0.3 is 11.9 Å². The Hall–Kier alpha value is -3.46. The minimum atomic E-state index is -1.67. The predicted octanol–water partition coefficient (Wildman–Crippen LogP) is 11.3. The smallest absolute Gasteiger partial charge is 0.344 e. The molecular weight excluding hydrogens is 1120 g/mol. The van der Waals surface area contributed by atoms with Crippen molar-refractivity contribution in [2.45, 2.75) is 59.7 Å². The zero-order valence-electron chi connectivity index (χ0n) is 36.0. The number of halogens is 9. The minimum Gasteiger partial charge on any atom is -0.483 e. The van der Waals surface area contributed by atoms with E-state index in [9.17, 15) is 33.9 Å². The Labute approximate surface area is 445 Å². The van der Waals surface area contributed by atoms with Gasteiger partial charge in [-0.3, -0.25) is 19.2 Å². The van der Waals surface area contributed by atoms with E-state index < -0.39 is 65.0 Å². The van der Waals surface area contributed by atoms with Crippen LogP contribution in [-0.2, 0) is 28.3 Å². The van der Waals surface area contributed by atoms with Crippen LogP contribution < -0.4 is 14.2 Å². The number of carbonyl (C=O) groups excluding carboxylic acids is 5. The third-order valence-electron chi connectivity index (χ3n) is 8.20. The Morgan fingerprint density at radius 1 is 0.580 bits per heavy atom. The van der Waals surface area contributed by atoms with Crippen molar-refractivity contribution in [3.63, 3.8) is 0 Å². The highest BCUT2D eigenvalue weighted by atomic mass is 36.0. The molecule has 0 amide bonds. The van der Waals surface area contributed by atoms with E-state index in [2.05, 4.69) is 41.1 Å². The highest BCUT2D eigenvalue weighted by molar-refractivity contribution is 8.26. The summed E-state index contributed by atoms with van der Waals surface area (Å²) in [6, 6.07) is 8.60. The van der Waals surface area contributed by atoms with Crippen LogP contribution in [0.5, 0.6) is 17.2 Å². The van der Waals surface area contributed by atoms with Crippen molar-refractivity contribution >= 4 is 146 Å². The Bertz CT molecular complexity index is 2260.